The Morgan fingerprint density at radius 1 is 0.947 bits per heavy atom. The van der Waals surface area contributed by atoms with Crippen molar-refractivity contribution >= 4 is 43.5 Å². The van der Waals surface area contributed by atoms with Gasteiger partial charge in [-0.15, -0.1) is 0 Å². The van der Waals surface area contributed by atoms with Gasteiger partial charge in [-0.2, -0.15) is 0 Å². The normalized spacial score (nSPS) is 11.9. The Kier molecular flexibility index (Phi) is 10.3. The smallest absolute Gasteiger partial charge is 0.244 e. The summed E-state index contributed by atoms with van der Waals surface area (Å²) in [4.78, 5) is 28.5. The van der Waals surface area contributed by atoms with Gasteiger partial charge < -0.3 is 15.0 Å². The second kappa shape index (κ2) is 13.4. The van der Waals surface area contributed by atoms with Gasteiger partial charge >= 0.3 is 0 Å². The highest BCUT2D eigenvalue weighted by Gasteiger charge is 2.33. The van der Waals surface area contributed by atoms with Crippen LogP contribution < -0.4 is 14.4 Å². The van der Waals surface area contributed by atoms with Crippen LogP contribution in [-0.2, 0) is 32.6 Å². The fraction of sp³-hybridized carbons (Fsp3) is 0.286. The number of sulfonamides is 1. The molecule has 38 heavy (non-hydrogen) atoms. The molecular formula is C28H32BrN3O5S. The van der Waals surface area contributed by atoms with E-state index < -0.39 is 28.5 Å². The van der Waals surface area contributed by atoms with Crippen molar-refractivity contribution in [3.63, 3.8) is 0 Å². The SMILES string of the molecule is CCOc1ccccc1N(CC(=O)N(Cc1ccc(Br)cc1)[C@H](Cc1ccccc1)C(=O)NC)S(C)(=O)=O. The summed E-state index contributed by atoms with van der Waals surface area (Å²) in [6.07, 6.45) is 1.31. The maximum Gasteiger partial charge on any atom is 0.244 e. The number of amides is 2. The Morgan fingerprint density at radius 3 is 2.18 bits per heavy atom. The topological polar surface area (TPSA) is 96.0 Å². The van der Waals surface area contributed by atoms with Gasteiger partial charge in [0.15, 0.2) is 0 Å². The fourth-order valence-corrected chi connectivity index (χ4v) is 5.16. The van der Waals surface area contributed by atoms with Gasteiger partial charge in [0.05, 0.1) is 18.6 Å². The molecule has 0 aliphatic carbocycles. The standard InChI is InChI=1S/C28H32BrN3O5S/c1-4-37-26-13-9-8-12-24(26)32(38(3,35)36)20-27(33)31(19-22-14-16-23(29)17-15-22)25(28(34)30-2)18-21-10-6-5-7-11-21/h5-17,25H,4,18-20H2,1-3H3,(H,30,34)/t25-/m1/s1. The number of nitrogens with zero attached hydrogens (tertiary/aromatic N) is 2. The van der Waals surface area contributed by atoms with Gasteiger partial charge in [-0.3, -0.25) is 13.9 Å². The lowest BCUT2D eigenvalue weighted by Crippen LogP contribution is -2.52. The molecule has 0 heterocycles. The van der Waals surface area contributed by atoms with Crippen molar-refractivity contribution < 1.29 is 22.7 Å². The van der Waals surface area contributed by atoms with Crippen molar-refractivity contribution in [1.29, 1.82) is 0 Å². The molecule has 2 amide bonds. The minimum atomic E-state index is -3.88. The van der Waals surface area contributed by atoms with E-state index in [2.05, 4.69) is 21.2 Å². The Morgan fingerprint density at radius 2 is 1.58 bits per heavy atom. The van der Waals surface area contributed by atoms with Gasteiger partial charge in [0.25, 0.3) is 0 Å². The number of carbonyl (C=O) groups is 2. The number of para-hydroxylation sites is 2. The highest BCUT2D eigenvalue weighted by molar-refractivity contribution is 9.10. The molecule has 8 nitrogen and oxygen atoms in total. The molecule has 10 heteroatoms. The number of likely N-dealkylation sites (N-methyl/N-ethyl adjacent to an activating group) is 1. The fourth-order valence-electron chi connectivity index (χ4n) is 4.04. The van der Waals surface area contributed by atoms with Gasteiger partial charge in [0.1, 0.15) is 18.3 Å². The number of nitrogens with one attached hydrogen (secondary N) is 1. The van der Waals surface area contributed by atoms with E-state index in [-0.39, 0.29) is 24.6 Å². The molecule has 0 fully saturated rings. The molecule has 0 unspecified atom stereocenters. The van der Waals surface area contributed by atoms with Crippen LogP contribution in [0.2, 0.25) is 0 Å². The van der Waals surface area contributed by atoms with Crippen LogP contribution in [-0.4, -0.2) is 57.6 Å². The van der Waals surface area contributed by atoms with E-state index in [9.17, 15) is 18.0 Å². The molecule has 0 aliphatic rings. The molecule has 0 aromatic heterocycles. The maximum atomic E-state index is 14.0. The molecule has 0 bridgehead atoms. The predicted octanol–water partition coefficient (Wildman–Crippen LogP) is 4.00. The second-order valence-corrected chi connectivity index (χ2v) is 11.5. The van der Waals surface area contributed by atoms with Crippen LogP contribution in [0.1, 0.15) is 18.1 Å². The number of carbonyl (C=O) groups excluding carboxylic acids is 2. The van der Waals surface area contributed by atoms with Gasteiger partial charge in [-0.1, -0.05) is 70.5 Å². The molecule has 0 spiro atoms. The Hall–Kier alpha value is -3.37. The van der Waals surface area contributed by atoms with E-state index in [1.807, 2.05) is 54.6 Å². The summed E-state index contributed by atoms with van der Waals surface area (Å²) < 4.78 is 33.4. The van der Waals surface area contributed by atoms with Gasteiger partial charge in [-0.05, 0) is 42.3 Å². The van der Waals surface area contributed by atoms with E-state index in [1.165, 1.54) is 11.9 Å². The minimum Gasteiger partial charge on any atom is -0.492 e. The van der Waals surface area contributed by atoms with Crippen molar-refractivity contribution in [2.45, 2.75) is 25.9 Å². The van der Waals surface area contributed by atoms with Crippen LogP contribution in [0.5, 0.6) is 5.75 Å². The molecule has 3 aromatic carbocycles. The zero-order valence-electron chi connectivity index (χ0n) is 21.6. The van der Waals surface area contributed by atoms with Crippen LogP contribution in [0, 0.1) is 0 Å². The van der Waals surface area contributed by atoms with Crippen molar-refractivity contribution in [1.82, 2.24) is 10.2 Å². The molecular weight excluding hydrogens is 570 g/mol. The van der Waals surface area contributed by atoms with Crippen LogP contribution in [0.15, 0.2) is 83.3 Å². The Balaban J connectivity index is 2.04. The molecule has 0 radical (unpaired) electrons. The highest BCUT2D eigenvalue weighted by atomic mass is 79.9. The number of benzene rings is 3. The number of hydrogen-bond donors (Lipinski definition) is 1. The molecule has 202 valence electrons. The summed E-state index contributed by atoms with van der Waals surface area (Å²) >= 11 is 3.42. The lowest BCUT2D eigenvalue weighted by molar-refractivity contribution is -0.139. The molecule has 0 saturated heterocycles. The quantitative estimate of drug-likeness (QED) is 0.338. The largest absolute Gasteiger partial charge is 0.492 e. The van der Waals surface area contributed by atoms with Gasteiger partial charge in [0.2, 0.25) is 21.8 Å². The lowest BCUT2D eigenvalue weighted by atomic mass is 10.0. The number of ether oxygens (including phenoxy) is 1. The summed E-state index contributed by atoms with van der Waals surface area (Å²) in [5.74, 6) is -0.520. The Labute approximate surface area is 232 Å². The van der Waals surface area contributed by atoms with Crippen molar-refractivity contribution in [3.05, 3.63) is 94.5 Å². The first-order valence-corrected chi connectivity index (χ1v) is 14.8. The van der Waals surface area contributed by atoms with E-state index in [4.69, 9.17) is 4.74 Å². The lowest BCUT2D eigenvalue weighted by Gasteiger charge is -2.33. The average molecular weight is 603 g/mol. The van der Waals surface area contributed by atoms with Crippen LogP contribution in [0.3, 0.4) is 0 Å². The zero-order valence-corrected chi connectivity index (χ0v) is 24.0. The number of hydrogen-bond acceptors (Lipinski definition) is 5. The highest BCUT2D eigenvalue weighted by Crippen LogP contribution is 2.30. The van der Waals surface area contributed by atoms with E-state index in [0.717, 1.165) is 26.2 Å². The summed E-state index contributed by atoms with van der Waals surface area (Å²) in [7, 11) is -2.36. The van der Waals surface area contributed by atoms with Gasteiger partial charge in [-0.25, -0.2) is 8.42 Å². The summed E-state index contributed by atoms with van der Waals surface area (Å²) in [5, 5.41) is 2.66. The Bertz CT molecular complexity index is 1330. The number of halogens is 1. The van der Waals surface area contributed by atoms with E-state index >= 15 is 0 Å². The van der Waals surface area contributed by atoms with E-state index in [0.29, 0.717) is 12.4 Å². The molecule has 3 aromatic rings. The van der Waals surface area contributed by atoms with Crippen LogP contribution >= 0.6 is 15.9 Å². The molecule has 3 rings (SSSR count). The third-order valence-electron chi connectivity index (χ3n) is 5.90. The van der Waals surface area contributed by atoms with Crippen molar-refractivity contribution in [3.8, 4) is 5.75 Å². The van der Waals surface area contributed by atoms with Crippen molar-refractivity contribution in [2.24, 2.45) is 0 Å². The minimum absolute atomic E-state index is 0.113. The third-order valence-corrected chi connectivity index (χ3v) is 7.55. The second-order valence-electron chi connectivity index (χ2n) is 8.64. The summed E-state index contributed by atoms with van der Waals surface area (Å²) in [5.41, 5.74) is 1.92. The third kappa shape index (κ3) is 7.82. The zero-order chi connectivity index (χ0) is 27.7. The molecule has 0 aliphatic heterocycles. The van der Waals surface area contributed by atoms with E-state index in [1.54, 1.807) is 31.2 Å². The number of anilines is 1. The summed E-state index contributed by atoms with van der Waals surface area (Å²) in [6.45, 7) is 1.74. The van der Waals surface area contributed by atoms with Crippen LogP contribution in [0.25, 0.3) is 0 Å². The molecule has 1 N–H and O–H groups in total. The summed E-state index contributed by atoms with van der Waals surface area (Å²) in [6, 6.07) is 22.6. The molecule has 0 saturated carbocycles. The first-order chi connectivity index (χ1) is 18.1. The van der Waals surface area contributed by atoms with Gasteiger partial charge in [0, 0.05) is 24.5 Å². The monoisotopic (exact) mass is 601 g/mol. The predicted molar refractivity (Wildman–Crippen MR) is 152 cm³/mol. The van der Waals surface area contributed by atoms with Crippen LogP contribution in [0.4, 0.5) is 5.69 Å². The first-order valence-electron chi connectivity index (χ1n) is 12.1. The maximum absolute atomic E-state index is 14.0. The van der Waals surface area contributed by atoms with Crippen molar-refractivity contribution in [2.75, 3.05) is 30.8 Å². The number of rotatable bonds is 12. The molecule has 1 atom stereocenters. The average Bonchev–Trinajstić information content (AvgIpc) is 2.90. The first kappa shape index (κ1) is 29.2.